The molecular formula is C20H36O6Si5. The molecule has 11 heteroatoms. The van der Waals surface area contributed by atoms with Crippen LogP contribution in [0, 0.1) is 0 Å². The lowest BCUT2D eigenvalue weighted by molar-refractivity contribution is 0.277. The lowest BCUT2D eigenvalue weighted by Crippen LogP contribution is -2.72. The van der Waals surface area contributed by atoms with Gasteiger partial charge in [-0.15, -0.1) is 0 Å². The van der Waals surface area contributed by atoms with Gasteiger partial charge in [-0.1, -0.05) is 60.7 Å². The van der Waals surface area contributed by atoms with E-state index in [0.717, 1.165) is 10.4 Å². The molecule has 0 saturated heterocycles. The summed E-state index contributed by atoms with van der Waals surface area (Å²) in [7, 11) is -14.7. The van der Waals surface area contributed by atoms with Crippen LogP contribution in [0.25, 0.3) is 0 Å². The topological polar surface area (TPSA) is 77.4 Å². The Morgan fingerprint density at radius 3 is 1.03 bits per heavy atom. The van der Waals surface area contributed by atoms with E-state index in [4.69, 9.17) is 16.5 Å². The summed E-state index contributed by atoms with van der Waals surface area (Å²) in [5.74, 6) is 0. The van der Waals surface area contributed by atoms with E-state index in [9.17, 15) is 9.59 Å². The lowest BCUT2D eigenvalue weighted by atomic mass is 10.4. The molecule has 0 amide bonds. The number of hydrogen-bond acceptors (Lipinski definition) is 6. The predicted molar refractivity (Wildman–Crippen MR) is 137 cm³/mol. The minimum Gasteiger partial charge on any atom is -0.415 e. The van der Waals surface area contributed by atoms with E-state index in [1.807, 2.05) is 86.9 Å². The monoisotopic (exact) mass is 512 g/mol. The van der Waals surface area contributed by atoms with Gasteiger partial charge in [0.25, 0.3) is 0 Å². The summed E-state index contributed by atoms with van der Waals surface area (Å²) in [4.78, 5) is 21.0. The van der Waals surface area contributed by atoms with Crippen molar-refractivity contribution in [1.29, 1.82) is 0 Å². The summed E-state index contributed by atoms with van der Waals surface area (Å²) in [5.41, 5.74) is 0. The number of benzene rings is 2. The van der Waals surface area contributed by atoms with E-state index in [1.165, 1.54) is 0 Å². The number of rotatable bonds is 10. The molecule has 0 radical (unpaired) electrons. The molecule has 0 aliphatic heterocycles. The molecule has 2 rings (SSSR count). The molecule has 2 N–H and O–H groups in total. The van der Waals surface area contributed by atoms with E-state index in [1.54, 1.807) is 26.2 Å². The summed E-state index contributed by atoms with van der Waals surface area (Å²) >= 11 is 0. The van der Waals surface area contributed by atoms with Crippen molar-refractivity contribution in [2.45, 2.75) is 52.4 Å². The fraction of sp³-hybridized carbons (Fsp3) is 0.400. The molecule has 0 heterocycles. The van der Waals surface area contributed by atoms with Crippen molar-refractivity contribution in [3.63, 3.8) is 0 Å². The smallest absolute Gasteiger partial charge is 0.389 e. The first kappa shape index (κ1) is 26.5. The van der Waals surface area contributed by atoms with Crippen molar-refractivity contribution in [3.05, 3.63) is 60.7 Å². The lowest BCUT2D eigenvalue weighted by Gasteiger charge is -2.44. The highest BCUT2D eigenvalue weighted by molar-refractivity contribution is 7.02. The summed E-state index contributed by atoms with van der Waals surface area (Å²) in [6, 6.07) is 19.8. The molecule has 172 valence electrons. The maximum Gasteiger partial charge on any atom is 0.389 e. The molecule has 0 saturated carbocycles. The molecule has 0 atom stereocenters. The summed E-state index contributed by atoms with van der Waals surface area (Å²) in [5, 5.41) is 1.87. The van der Waals surface area contributed by atoms with Gasteiger partial charge in [-0.25, -0.2) is 0 Å². The third kappa shape index (κ3) is 8.29. The summed E-state index contributed by atoms with van der Waals surface area (Å²) < 4.78 is 26.1. The molecule has 2 aromatic carbocycles. The Morgan fingerprint density at radius 1 is 0.484 bits per heavy atom. The second kappa shape index (κ2) is 9.65. The zero-order valence-electron chi connectivity index (χ0n) is 19.8. The van der Waals surface area contributed by atoms with E-state index in [0.29, 0.717) is 0 Å². The van der Waals surface area contributed by atoms with Crippen molar-refractivity contribution in [1.82, 2.24) is 0 Å². The Morgan fingerprint density at radius 2 is 0.774 bits per heavy atom. The first-order chi connectivity index (χ1) is 14.0. The van der Waals surface area contributed by atoms with Crippen molar-refractivity contribution >= 4 is 53.2 Å². The van der Waals surface area contributed by atoms with Gasteiger partial charge in [0.15, 0.2) is 0 Å². The molecule has 0 unspecified atom stereocenters. The molecule has 31 heavy (non-hydrogen) atoms. The third-order valence-corrected chi connectivity index (χ3v) is 20.4. The first-order valence-corrected chi connectivity index (χ1v) is 23.6. The summed E-state index contributed by atoms with van der Waals surface area (Å²) in [6.07, 6.45) is 0. The zero-order chi connectivity index (χ0) is 23.6. The molecule has 0 spiro atoms. The van der Waals surface area contributed by atoms with E-state index >= 15 is 0 Å². The molecule has 0 aromatic heterocycles. The van der Waals surface area contributed by atoms with E-state index in [-0.39, 0.29) is 0 Å². The van der Waals surface area contributed by atoms with Crippen LogP contribution in [-0.4, -0.2) is 52.4 Å². The van der Waals surface area contributed by atoms with E-state index in [2.05, 4.69) is 0 Å². The maximum atomic E-state index is 10.5. The van der Waals surface area contributed by atoms with E-state index < -0.39 is 42.8 Å². The Hall–Kier alpha value is -0.716. The molecule has 2 aromatic rings. The Balaban J connectivity index is 2.68. The van der Waals surface area contributed by atoms with Gasteiger partial charge in [0.05, 0.1) is 0 Å². The Labute approximate surface area is 192 Å². The molecule has 0 bridgehead atoms. The fourth-order valence-electron chi connectivity index (χ4n) is 3.68. The van der Waals surface area contributed by atoms with Crippen LogP contribution in [-0.2, 0) is 16.5 Å². The average molecular weight is 513 g/mol. The van der Waals surface area contributed by atoms with Crippen LogP contribution in [0.2, 0.25) is 52.4 Å². The van der Waals surface area contributed by atoms with Gasteiger partial charge >= 0.3 is 42.8 Å². The van der Waals surface area contributed by atoms with Crippen molar-refractivity contribution in [3.8, 4) is 0 Å². The molecular weight excluding hydrogens is 477 g/mol. The van der Waals surface area contributed by atoms with Crippen LogP contribution in [0.4, 0.5) is 0 Å². The fourth-order valence-corrected chi connectivity index (χ4v) is 23.9. The van der Waals surface area contributed by atoms with Gasteiger partial charge < -0.3 is 26.1 Å². The molecule has 0 fully saturated rings. The third-order valence-electron chi connectivity index (χ3n) is 4.08. The minimum absolute atomic E-state index is 0.935. The highest BCUT2D eigenvalue weighted by Gasteiger charge is 2.53. The van der Waals surface area contributed by atoms with Gasteiger partial charge in [-0.05, 0) is 62.7 Å². The van der Waals surface area contributed by atoms with Crippen molar-refractivity contribution in [2.75, 3.05) is 0 Å². The maximum absolute atomic E-state index is 10.5. The minimum atomic E-state index is -3.32. The van der Waals surface area contributed by atoms with Gasteiger partial charge in [0.2, 0.25) is 0 Å². The average Bonchev–Trinajstić information content (AvgIpc) is 2.58. The normalized spacial score (nSPS) is 14.0. The van der Waals surface area contributed by atoms with Gasteiger partial charge in [-0.2, -0.15) is 0 Å². The Kier molecular flexibility index (Phi) is 8.26. The van der Waals surface area contributed by atoms with Crippen molar-refractivity contribution in [2.24, 2.45) is 0 Å². The quantitative estimate of drug-likeness (QED) is 0.476. The highest BCUT2D eigenvalue weighted by Crippen LogP contribution is 2.25. The largest absolute Gasteiger partial charge is 0.415 e. The highest BCUT2D eigenvalue weighted by atomic mass is 28.5. The zero-order valence-corrected chi connectivity index (χ0v) is 24.8. The van der Waals surface area contributed by atoms with Gasteiger partial charge in [0.1, 0.15) is 0 Å². The second-order valence-corrected chi connectivity index (χ2v) is 26.5. The molecule has 0 aliphatic carbocycles. The van der Waals surface area contributed by atoms with Crippen LogP contribution >= 0.6 is 0 Å². The first-order valence-electron chi connectivity index (χ1n) is 10.4. The second-order valence-electron chi connectivity index (χ2n) is 9.45. The van der Waals surface area contributed by atoms with Gasteiger partial charge in [-0.3, -0.25) is 0 Å². The Bertz CT molecular complexity index is 763. The number of hydrogen-bond donors (Lipinski definition) is 2. The van der Waals surface area contributed by atoms with Crippen LogP contribution in [0.15, 0.2) is 60.7 Å². The standard InChI is InChI=1S/C20H36O6Si5/c1-27(2,21)23-29(5,6)25-31(19-15-11-9-12-16-19,20-17-13-10-14-18-20)26-30(7,8)24-28(3,4)22/h9-18,21-22H,1-8H3. The molecule has 6 nitrogen and oxygen atoms in total. The van der Waals surface area contributed by atoms with Crippen LogP contribution in [0.5, 0.6) is 0 Å². The molecule has 0 aliphatic rings. The van der Waals surface area contributed by atoms with Crippen LogP contribution < -0.4 is 10.4 Å². The van der Waals surface area contributed by atoms with Crippen molar-refractivity contribution < 1.29 is 26.1 Å². The van der Waals surface area contributed by atoms with Gasteiger partial charge in [0, 0.05) is 0 Å². The SMILES string of the molecule is C[Si](C)(O)O[Si](C)(C)O[Si](O[Si](C)(C)O[Si](C)(C)O)(c1ccccc1)c1ccccc1. The predicted octanol–water partition coefficient (Wildman–Crippen LogP) is 3.10. The van der Waals surface area contributed by atoms with Crippen LogP contribution in [0.1, 0.15) is 0 Å². The van der Waals surface area contributed by atoms with Crippen LogP contribution in [0.3, 0.4) is 0 Å². The summed E-state index contributed by atoms with van der Waals surface area (Å²) in [6.45, 7) is 14.7.